The van der Waals surface area contributed by atoms with Crippen molar-refractivity contribution >= 4 is 12.0 Å². The van der Waals surface area contributed by atoms with Crippen LogP contribution < -0.4 is 16.0 Å². The van der Waals surface area contributed by atoms with Crippen molar-refractivity contribution in [2.24, 2.45) is 0 Å². The summed E-state index contributed by atoms with van der Waals surface area (Å²) in [6, 6.07) is 0.364. The van der Waals surface area contributed by atoms with Crippen molar-refractivity contribution in [1.82, 2.24) is 16.0 Å². The lowest BCUT2D eigenvalue weighted by Gasteiger charge is -2.20. The van der Waals surface area contributed by atoms with Crippen LogP contribution in [-0.2, 0) is 14.3 Å². The number of carbonyl (C=O) groups is 2. The first-order valence-corrected chi connectivity index (χ1v) is 9.16. The van der Waals surface area contributed by atoms with E-state index in [-0.39, 0.29) is 18.0 Å². The lowest BCUT2D eigenvalue weighted by Crippen LogP contribution is -2.39. The highest BCUT2D eigenvalue weighted by molar-refractivity contribution is 5.76. The zero-order valence-corrected chi connectivity index (χ0v) is 16.7. The van der Waals surface area contributed by atoms with Crippen LogP contribution in [0.2, 0.25) is 0 Å². The maximum Gasteiger partial charge on any atom is 0.407 e. The second-order valence-corrected chi connectivity index (χ2v) is 7.30. The molecule has 2 unspecified atom stereocenters. The summed E-state index contributed by atoms with van der Waals surface area (Å²) in [6.45, 7) is 11.3. The molecule has 2 atom stereocenters. The quantitative estimate of drug-likeness (QED) is 0.465. The lowest BCUT2D eigenvalue weighted by molar-refractivity contribution is -0.121. The minimum atomic E-state index is -0.486. The summed E-state index contributed by atoms with van der Waals surface area (Å²) >= 11 is 0. The predicted molar refractivity (Wildman–Crippen MR) is 99.7 cm³/mol. The van der Waals surface area contributed by atoms with E-state index in [9.17, 15) is 9.59 Å². The van der Waals surface area contributed by atoms with Gasteiger partial charge in [0.1, 0.15) is 5.60 Å². The molecule has 0 radical (unpaired) electrons. The van der Waals surface area contributed by atoms with Gasteiger partial charge < -0.3 is 25.4 Å². The van der Waals surface area contributed by atoms with Gasteiger partial charge in [-0.2, -0.15) is 0 Å². The molecule has 7 nitrogen and oxygen atoms in total. The van der Waals surface area contributed by atoms with Crippen LogP contribution in [0.4, 0.5) is 4.79 Å². The molecule has 0 rings (SSSR count). The van der Waals surface area contributed by atoms with Gasteiger partial charge in [0.15, 0.2) is 0 Å². The van der Waals surface area contributed by atoms with Crippen LogP contribution in [0.25, 0.3) is 0 Å². The Labute approximate surface area is 152 Å². The Hall–Kier alpha value is -1.34. The van der Waals surface area contributed by atoms with E-state index in [1.165, 1.54) is 0 Å². The van der Waals surface area contributed by atoms with Crippen LogP contribution in [0.3, 0.4) is 0 Å². The number of alkyl carbamates (subject to hydrolysis) is 1. The Bertz CT molecular complexity index is 383. The minimum absolute atomic E-state index is 0.0598. The van der Waals surface area contributed by atoms with Crippen LogP contribution in [-0.4, -0.2) is 56.5 Å². The Kier molecular flexibility index (Phi) is 12.2. The highest BCUT2D eigenvalue weighted by Gasteiger charge is 2.16. The molecule has 2 amide bonds. The van der Waals surface area contributed by atoms with Gasteiger partial charge in [-0.1, -0.05) is 6.92 Å². The molecule has 0 aromatic heterocycles. The summed E-state index contributed by atoms with van der Waals surface area (Å²) < 4.78 is 10.4. The molecular weight excluding hydrogens is 322 g/mol. The summed E-state index contributed by atoms with van der Waals surface area (Å²) in [5.41, 5.74) is -0.486. The van der Waals surface area contributed by atoms with Crippen molar-refractivity contribution in [3.05, 3.63) is 0 Å². The fraction of sp³-hybridized carbons (Fsp3) is 0.889. The predicted octanol–water partition coefficient (Wildman–Crippen LogP) is 2.20. The van der Waals surface area contributed by atoms with Crippen molar-refractivity contribution in [2.75, 3.05) is 26.8 Å². The number of hydrogen-bond donors (Lipinski definition) is 3. The summed E-state index contributed by atoms with van der Waals surface area (Å²) in [5.74, 6) is 0.0598. The van der Waals surface area contributed by atoms with Gasteiger partial charge in [-0.25, -0.2) is 4.79 Å². The van der Waals surface area contributed by atoms with Gasteiger partial charge in [-0.3, -0.25) is 4.79 Å². The minimum Gasteiger partial charge on any atom is -0.444 e. The molecule has 0 aliphatic carbocycles. The van der Waals surface area contributed by atoms with Crippen LogP contribution in [0.1, 0.15) is 60.3 Å². The van der Waals surface area contributed by atoms with E-state index in [0.717, 1.165) is 19.3 Å². The molecule has 3 N–H and O–H groups in total. The maximum atomic E-state index is 11.8. The van der Waals surface area contributed by atoms with E-state index in [4.69, 9.17) is 9.47 Å². The van der Waals surface area contributed by atoms with Gasteiger partial charge in [-0.05, 0) is 47.0 Å². The fourth-order valence-corrected chi connectivity index (χ4v) is 2.14. The SMILES string of the molecule is CCC(C)NC(=O)CCNC(CCCNC(=O)OC(C)(C)C)COC. The maximum absolute atomic E-state index is 11.8. The van der Waals surface area contributed by atoms with E-state index in [0.29, 0.717) is 26.1 Å². The van der Waals surface area contributed by atoms with Crippen LogP contribution in [0.5, 0.6) is 0 Å². The van der Waals surface area contributed by atoms with Crippen molar-refractivity contribution in [3.8, 4) is 0 Å². The van der Waals surface area contributed by atoms with Gasteiger partial charge in [0.2, 0.25) is 5.91 Å². The monoisotopic (exact) mass is 359 g/mol. The molecule has 0 saturated heterocycles. The van der Waals surface area contributed by atoms with Crippen molar-refractivity contribution in [1.29, 1.82) is 0 Å². The number of methoxy groups -OCH3 is 1. The Morgan fingerprint density at radius 2 is 1.84 bits per heavy atom. The second-order valence-electron chi connectivity index (χ2n) is 7.30. The summed E-state index contributed by atoms with van der Waals surface area (Å²) in [5, 5.41) is 9.03. The Balaban J connectivity index is 3.94. The zero-order chi connectivity index (χ0) is 19.3. The van der Waals surface area contributed by atoms with E-state index in [1.807, 2.05) is 34.6 Å². The molecule has 0 aliphatic rings. The van der Waals surface area contributed by atoms with Gasteiger partial charge in [0, 0.05) is 38.7 Å². The molecule has 0 aliphatic heterocycles. The van der Waals surface area contributed by atoms with Gasteiger partial charge in [-0.15, -0.1) is 0 Å². The third-order valence-corrected chi connectivity index (χ3v) is 3.57. The number of hydrogen-bond acceptors (Lipinski definition) is 5. The molecule has 0 spiro atoms. The van der Waals surface area contributed by atoms with E-state index in [2.05, 4.69) is 16.0 Å². The van der Waals surface area contributed by atoms with Crippen molar-refractivity contribution in [3.63, 3.8) is 0 Å². The third-order valence-electron chi connectivity index (χ3n) is 3.57. The summed E-state index contributed by atoms with van der Waals surface area (Å²) in [4.78, 5) is 23.3. The largest absolute Gasteiger partial charge is 0.444 e. The van der Waals surface area contributed by atoms with Gasteiger partial charge in [0.05, 0.1) is 6.61 Å². The highest BCUT2D eigenvalue weighted by Crippen LogP contribution is 2.06. The van der Waals surface area contributed by atoms with Crippen molar-refractivity contribution in [2.45, 2.75) is 78.0 Å². The Morgan fingerprint density at radius 1 is 1.16 bits per heavy atom. The molecule has 0 aromatic rings. The zero-order valence-electron chi connectivity index (χ0n) is 16.7. The smallest absolute Gasteiger partial charge is 0.407 e. The number of nitrogens with one attached hydrogen (secondary N) is 3. The number of ether oxygens (including phenoxy) is 2. The normalized spacial score (nSPS) is 13.8. The number of rotatable bonds is 12. The number of carbonyl (C=O) groups excluding carboxylic acids is 2. The first kappa shape index (κ1) is 23.7. The molecular formula is C18H37N3O4. The standard InChI is InChI=1S/C18H37N3O4/c1-7-14(2)21-16(22)10-12-19-15(13-24-6)9-8-11-20-17(23)25-18(3,4)5/h14-15,19H,7-13H2,1-6H3,(H,20,23)(H,21,22). The fourth-order valence-electron chi connectivity index (χ4n) is 2.14. The van der Waals surface area contributed by atoms with E-state index < -0.39 is 11.7 Å². The first-order chi connectivity index (χ1) is 11.7. The molecule has 7 heteroatoms. The molecule has 0 bridgehead atoms. The van der Waals surface area contributed by atoms with Crippen molar-refractivity contribution < 1.29 is 19.1 Å². The van der Waals surface area contributed by atoms with Gasteiger partial charge >= 0.3 is 6.09 Å². The summed E-state index contributed by atoms with van der Waals surface area (Å²) in [6.07, 6.45) is 2.62. The first-order valence-electron chi connectivity index (χ1n) is 9.16. The average molecular weight is 360 g/mol. The molecule has 25 heavy (non-hydrogen) atoms. The molecule has 0 heterocycles. The highest BCUT2D eigenvalue weighted by atomic mass is 16.6. The van der Waals surface area contributed by atoms with E-state index >= 15 is 0 Å². The number of amides is 2. The second kappa shape index (κ2) is 12.9. The molecule has 0 saturated carbocycles. The average Bonchev–Trinajstić information content (AvgIpc) is 2.49. The lowest BCUT2D eigenvalue weighted by atomic mass is 10.1. The van der Waals surface area contributed by atoms with Crippen LogP contribution in [0.15, 0.2) is 0 Å². The van der Waals surface area contributed by atoms with Gasteiger partial charge in [0.25, 0.3) is 0 Å². The molecule has 148 valence electrons. The van der Waals surface area contributed by atoms with Crippen LogP contribution >= 0.6 is 0 Å². The topological polar surface area (TPSA) is 88.7 Å². The Morgan fingerprint density at radius 3 is 2.40 bits per heavy atom. The third kappa shape index (κ3) is 14.7. The van der Waals surface area contributed by atoms with E-state index in [1.54, 1.807) is 7.11 Å². The molecule has 0 fully saturated rings. The summed E-state index contributed by atoms with van der Waals surface area (Å²) in [7, 11) is 1.66. The van der Waals surface area contributed by atoms with Crippen LogP contribution in [0, 0.1) is 0 Å². The molecule has 0 aromatic carbocycles.